The van der Waals surface area contributed by atoms with Crippen LogP contribution in [0.25, 0.3) is 0 Å². The summed E-state index contributed by atoms with van der Waals surface area (Å²) in [6.07, 6.45) is 2.34. The molecule has 2 N–H and O–H groups in total. The zero-order chi connectivity index (χ0) is 13.9. The molecule has 0 atom stereocenters. The summed E-state index contributed by atoms with van der Waals surface area (Å²) < 4.78 is 0. The first kappa shape index (κ1) is 12.9. The molecule has 0 spiro atoms. The predicted octanol–water partition coefficient (Wildman–Crippen LogP) is 3.56. The van der Waals surface area contributed by atoms with Crippen molar-refractivity contribution in [3.8, 4) is 0 Å². The van der Waals surface area contributed by atoms with Crippen LogP contribution < -0.4 is 10.6 Å². The summed E-state index contributed by atoms with van der Waals surface area (Å²) in [7, 11) is 0. The number of hydrogen-bond donors (Lipinski definition) is 2. The number of nitrogens with one attached hydrogen (secondary N) is 2. The summed E-state index contributed by atoms with van der Waals surface area (Å²) in [5, 5.41) is 6.70. The lowest BCUT2D eigenvalue weighted by atomic mass is 10.3. The number of benzene rings is 1. The van der Waals surface area contributed by atoms with E-state index in [4.69, 9.17) is 11.6 Å². The second-order valence-corrected chi connectivity index (χ2v) is 5.22. The Morgan fingerprint density at radius 3 is 2.60 bits per heavy atom. The number of carbonyl (C=O) groups excluding carboxylic acids is 1. The lowest BCUT2D eigenvalue weighted by Gasteiger charge is -2.07. The Labute approximate surface area is 122 Å². The van der Waals surface area contributed by atoms with Gasteiger partial charge in [-0.3, -0.25) is 4.79 Å². The summed E-state index contributed by atoms with van der Waals surface area (Å²) in [6, 6.07) is 12.9. The molecular formula is C15H14ClN3O. The van der Waals surface area contributed by atoms with Crippen molar-refractivity contribution in [3.63, 3.8) is 0 Å². The number of pyridine rings is 1. The van der Waals surface area contributed by atoms with Gasteiger partial charge in [-0.15, -0.1) is 0 Å². The Morgan fingerprint density at radius 2 is 1.90 bits per heavy atom. The van der Waals surface area contributed by atoms with Gasteiger partial charge in [-0.2, -0.15) is 0 Å². The van der Waals surface area contributed by atoms with Crippen LogP contribution in [-0.4, -0.2) is 16.9 Å². The summed E-state index contributed by atoms with van der Waals surface area (Å²) in [5.41, 5.74) is 1.09. The Kier molecular flexibility index (Phi) is 3.56. The molecule has 1 fully saturated rings. The van der Waals surface area contributed by atoms with Gasteiger partial charge in [-0.1, -0.05) is 17.7 Å². The first-order valence-corrected chi connectivity index (χ1v) is 6.89. The molecule has 1 aromatic heterocycles. The van der Waals surface area contributed by atoms with Crippen LogP contribution in [0, 0.1) is 0 Å². The maximum Gasteiger partial charge on any atom is 0.274 e. The minimum Gasteiger partial charge on any atom is -0.367 e. The van der Waals surface area contributed by atoms with Crippen molar-refractivity contribution in [2.45, 2.75) is 18.9 Å². The van der Waals surface area contributed by atoms with Gasteiger partial charge >= 0.3 is 0 Å². The molecule has 0 radical (unpaired) electrons. The third-order valence-corrected chi connectivity index (χ3v) is 3.27. The van der Waals surface area contributed by atoms with Crippen LogP contribution in [0.2, 0.25) is 5.02 Å². The number of nitrogens with zero attached hydrogens (tertiary/aromatic N) is 1. The molecule has 1 heterocycles. The highest BCUT2D eigenvalue weighted by Gasteiger charge is 2.21. The Morgan fingerprint density at radius 1 is 1.15 bits per heavy atom. The normalized spacial score (nSPS) is 13.8. The van der Waals surface area contributed by atoms with Gasteiger partial charge in [0.25, 0.3) is 5.91 Å². The largest absolute Gasteiger partial charge is 0.367 e. The third kappa shape index (κ3) is 3.27. The molecule has 5 heteroatoms. The van der Waals surface area contributed by atoms with Crippen LogP contribution in [-0.2, 0) is 0 Å². The number of hydrogen-bond acceptors (Lipinski definition) is 3. The molecule has 102 valence electrons. The van der Waals surface area contributed by atoms with Crippen LogP contribution in [0.1, 0.15) is 23.3 Å². The van der Waals surface area contributed by atoms with E-state index in [-0.39, 0.29) is 5.91 Å². The highest BCUT2D eigenvalue weighted by Crippen LogP contribution is 2.23. The van der Waals surface area contributed by atoms with Crippen LogP contribution >= 0.6 is 11.6 Å². The van der Waals surface area contributed by atoms with E-state index in [1.807, 2.05) is 12.1 Å². The van der Waals surface area contributed by atoms with E-state index in [2.05, 4.69) is 15.6 Å². The highest BCUT2D eigenvalue weighted by molar-refractivity contribution is 6.30. The van der Waals surface area contributed by atoms with Gasteiger partial charge in [-0.05, 0) is 49.2 Å². The van der Waals surface area contributed by atoms with Crippen LogP contribution in [0.15, 0.2) is 42.5 Å². The molecule has 1 saturated carbocycles. The lowest BCUT2D eigenvalue weighted by molar-refractivity contribution is 0.102. The van der Waals surface area contributed by atoms with Gasteiger partial charge in [0.2, 0.25) is 0 Å². The van der Waals surface area contributed by atoms with E-state index >= 15 is 0 Å². The smallest absolute Gasteiger partial charge is 0.274 e. The molecule has 1 aromatic carbocycles. The van der Waals surface area contributed by atoms with Crippen molar-refractivity contribution in [1.82, 2.24) is 4.98 Å². The number of aromatic nitrogens is 1. The average molecular weight is 288 g/mol. The number of amides is 1. The zero-order valence-electron chi connectivity index (χ0n) is 10.8. The molecule has 20 heavy (non-hydrogen) atoms. The molecule has 0 unspecified atom stereocenters. The molecule has 1 aliphatic rings. The van der Waals surface area contributed by atoms with Gasteiger partial charge < -0.3 is 10.6 Å². The molecule has 3 rings (SSSR count). The van der Waals surface area contributed by atoms with Crippen molar-refractivity contribution >= 4 is 29.0 Å². The Hall–Kier alpha value is -2.07. The number of anilines is 2. The number of rotatable bonds is 4. The van der Waals surface area contributed by atoms with Crippen LogP contribution in [0.4, 0.5) is 11.5 Å². The highest BCUT2D eigenvalue weighted by atomic mass is 35.5. The fourth-order valence-corrected chi connectivity index (χ4v) is 1.93. The van der Waals surface area contributed by atoms with Gasteiger partial charge in [0, 0.05) is 16.8 Å². The monoisotopic (exact) mass is 287 g/mol. The summed E-state index contributed by atoms with van der Waals surface area (Å²) in [5.74, 6) is 0.517. The van der Waals surface area contributed by atoms with E-state index < -0.39 is 0 Å². The summed E-state index contributed by atoms with van der Waals surface area (Å²) in [6.45, 7) is 0. The van der Waals surface area contributed by atoms with Gasteiger partial charge in [0.15, 0.2) is 0 Å². The van der Waals surface area contributed by atoms with E-state index in [1.54, 1.807) is 30.3 Å². The van der Waals surface area contributed by atoms with Crippen molar-refractivity contribution in [3.05, 3.63) is 53.2 Å². The minimum absolute atomic E-state index is 0.230. The van der Waals surface area contributed by atoms with Crippen molar-refractivity contribution in [2.24, 2.45) is 0 Å². The third-order valence-electron chi connectivity index (χ3n) is 3.01. The first-order valence-electron chi connectivity index (χ1n) is 6.51. The van der Waals surface area contributed by atoms with Crippen LogP contribution in [0.3, 0.4) is 0 Å². The molecule has 0 aliphatic heterocycles. The van der Waals surface area contributed by atoms with E-state index in [1.165, 1.54) is 12.8 Å². The topological polar surface area (TPSA) is 54.0 Å². The lowest BCUT2D eigenvalue weighted by Crippen LogP contribution is -2.14. The van der Waals surface area contributed by atoms with Gasteiger partial charge in [-0.25, -0.2) is 4.98 Å². The van der Waals surface area contributed by atoms with Crippen molar-refractivity contribution in [2.75, 3.05) is 10.6 Å². The standard InChI is InChI=1S/C15H14ClN3O/c16-10-4-6-12(7-5-10)18-15(20)13-2-1-3-14(19-13)17-11-8-9-11/h1-7,11H,8-9H2,(H,17,19)(H,18,20). The Balaban J connectivity index is 1.71. The predicted molar refractivity (Wildman–Crippen MR) is 80.3 cm³/mol. The maximum absolute atomic E-state index is 12.1. The fraction of sp³-hybridized carbons (Fsp3) is 0.200. The average Bonchev–Trinajstić information content (AvgIpc) is 3.25. The second-order valence-electron chi connectivity index (χ2n) is 4.79. The number of carbonyl (C=O) groups is 1. The molecule has 1 aliphatic carbocycles. The number of halogens is 1. The zero-order valence-corrected chi connectivity index (χ0v) is 11.5. The van der Waals surface area contributed by atoms with Crippen molar-refractivity contribution in [1.29, 1.82) is 0 Å². The maximum atomic E-state index is 12.1. The molecule has 0 saturated heterocycles. The molecule has 0 bridgehead atoms. The van der Waals surface area contributed by atoms with Gasteiger partial charge in [0.05, 0.1) is 0 Å². The van der Waals surface area contributed by atoms with E-state index in [9.17, 15) is 4.79 Å². The van der Waals surface area contributed by atoms with E-state index in [0.717, 1.165) is 5.82 Å². The molecule has 2 aromatic rings. The fourth-order valence-electron chi connectivity index (χ4n) is 1.81. The summed E-state index contributed by atoms with van der Waals surface area (Å²) >= 11 is 5.81. The van der Waals surface area contributed by atoms with Crippen LogP contribution in [0.5, 0.6) is 0 Å². The quantitative estimate of drug-likeness (QED) is 0.904. The SMILES string of the molecule is O=C(Nc1ccc(Cl)cc1)c1cccc(NC2CC2)n1. The minimum atomic E-state index is -0.230. The Bertz CT molecular complexity index is 623. The molecule has 1 amide bonds. The molecule has 4 nitrogen and oxygen atoms in total. The molecular weight excluding hydrogens is 274 g/mol. The first-order chi connectivity index (χ1) is 9.70. The van der Waals surface area contributed by atoms with Crippen molar-refractivity contribution < 1.29 is 4.79 Å². The summed E-state index contributed by atoms with van der Waals surface area (Å²) in [4.78, 5) is 16.4. The van der Waals surface area contributed by atoms with E-state index in [0.29, 0.717) is 22.4 Å². The van der Waals surface area contributed by atoms with Gasteiger partial charge in [0.1, 0.15) is 11.5 Å². The second kappa shape index (κ2) is 5.51.